The van der Waals surface area contributed by atoms with Crippen LogP contribution in [-0.2, 0) is 0 Å². The van der Waals surface area contributed by atoms with E-state index >= 15 is 0 Å². The zero-order chi connectivity index (χ0) is 0. The number of hydrogen-bond donors (Lipinski definition) is 0. The molecule has 16 valence electrons. The molecule has 0 N–H and O–H groups in total. The van der Waals surface area contributed by atoms with Crippen molar-refractivity contribution in [1.29, 1.82) is 0 Å². The summed E-state index contributed by atoms with van der Waals surface area (Å²) in [7, 11) is 0. The van der Waals surface area contributed by atoms with E-state index in [9.17, 15) is 0 Å². The van der Waals surface area contributed by atoms with E-state index in [2.05, 4.69) is 0 Å². The van der Waals surface area contributed by atoms with Crippen molar-refractivity contribution in [3.8, 4) is 0 Å². The predicted octanol–water partition coefficient (Wildman–Crippen LogP) is 0.961. The summed E-state index contributed by atoms with van der Waals surface area (Å²) < 4.78 is 0. The van der Waals surface area contributed by atoms with E-state index in [0.29, 0.717) is 0 Å². The Kier molecular flexibility index (Phi) is 184. The van der Waals surface area contributed by atoms with Gasteiger partial charge in [0.1, 0.15) is 0 Å². The molecule has 0 fully saturated rings. The number of hydrogen-bond acceptors (Lipinski definition) is 0. The van der Waals surface area contributed by atoms with Crippen molar-refractivity contribution in [2.24, 2.45) is 0 Å². The van der Waals surface area contributed by atoms with Crippen molar-refractivity contribution in [1.82, 2.24) is 0 Å². The van der Waals surface area contributed by atoms with E-state index < -0.39 is 0 Å². The molecule has 0 nitrogen and oxygen atoms in total. The smallest absolute Gasteiger partial charge is 3.00 e. The molecule has 0 saturated heterocycles. The molecule has 0 radical (unpaired) electrons. The van der Waals surface area contributed by atoms with Crippen LogP contribution in [0.5, 0.6) is 0 Å². The standard InChI is InChI=1S/Al.Ga.2P/q2*+3;2*-3. The maximum absolute atomic E-state index is 0. The number of rotatable bonds is 0. The second-order valence-electron chi connectivity index (χ2n) is 0. The minimum absolute atomic E-state index is 0. The maximum atomic E-state index is 0. The Morgan fingerprint density at radius 2 is 0.750 bits per heavy atom. The fourth-order valence-corrected chi connectivity index (χ4v) is 0. The summed E-state index contributed by atoms with van der Waals surface area (Å²) in [6.45, 7) is 0. The Morgan fingerprint density at radius 3 is 0.750 bits per heavy atom. The molecule has 0 amide bonds. The van der Waals surface area contributed by atoms with E-state index in [4.69, 9.17) is 0 Å². The van der Waals surface area contributed by atoms with E-state index in [-0.39, 0.29) is 56.9 Å². The average molecular weight is 159 g/mol. The molecular formula is AlGaP2. The largest absolute Gasteiger partial charge is 3.00 e. The third-order valence-electron chi connectivity index (χ3n) is 0. The van der Waals surface area contributed by atoms with Crippen LogP contribution >= 0.6 is 19.8 Å². The van der Waals surface area contributed by atoms with Gasteiger partial charge in [-0.05, 0) is 0 Å². The van der Waals surface area contributed by atoms with Gasteiger partial charge in [-0.3, -0.25) is 0 Å². The summed E-state index contributed by atoms with van der Waals surface area (Å²) in [5.41, 5.74) is 0. The van der Waals surface area contributed by atoms with Crippen LogP contribution in [0.4, 0.5) is 0 Å². The monoisotopic (exact) mass is 158 g/mol. The summed E-state index contributed by atoms with van der Waals surface area (Å²) in [4.78, 5) is 0. The third-order valence-corrected chi connectivity index (χ3v) is 0. The van der Waals surface area contributed by atoms with Gasteiger partial charge in [0, 0.05) is 0 Å². The van der Waals surface area contributed by atoms with Crippen LogP contribution in [0.2, 0.25) is 0 Å². The summed E-state index contributed by atoms with van der Waals surface area (Å²) in [5, 5.41) is 0. The van der Waals surface area contributed by atoms with Crippen molar-refractivity contribution >= 4 is 56.9 Å². The Balaban J connectivity index is 0. The molecule has 0 saturated carbocycles. The molecule has 0 aliphatic rings. The van der Waals surface area contributed by atoms with Gasteiger partial charge < -0.3 is 19.8 Å². The average Bonchev–Trinajstić information content (AvgIpc) is 0. The molecule has 4 heteroatoms. The van der Waals surface area contributed by atoms with Crippen LogP contribution in [0, 0.1) is 0 Å². The van der Waals surface area contributed by atoms with Crippen LogP contribution in [0.15, 0.2) is 0 Å². The molecule has 0 aliphatic carbocycles. The summed E-state index contributed by atoms with van der Waals surface area (Å²) >= 11 is 0. The second-order valence-corrected chi connectivity index (χ2v) is 0. The van der Waals surface area contributed by atoms with Crippen LogP contribution in [0.3, 0.4) is 0 Å². The molecule has 0 aromatic heterocycles. The molecule has 0 atom stereocenters. The van der Waals surface area contributed by atoms with Gasteiger partial charge in [-0.1, -0.05) is 0 Å². The summed E-state index contributed by atoms with van der Waals surface area (Å²) in [6.07, 6.45) is 0. The van der Waals surface area contributed by atoms with Gasteiger partial charge in [0.25, 0.3) is 0 Å². The van der Waals surface area contributed by atoms with Gasteiger partial charge in [-0.2, -0.15) is 0 Å². The molecule has 0 unspecified atom stereocenters. The molecule has 0 spiro atoms. The normalized spacial score (nSPS) is 0. The molecule has 4 heavy (non-hydrogen) atoms. The third kappa shape index (κ3) is 8.98. The molecule has 0 aliphatic heterocycles. The van der Waals surface area contributed by atoms with Crippen LogP contribution in [0.1, 0.15) is 0 Å². The fourth-order valence-electron chi connectivity index (χ4n) is 0. The van der Waals surface area contributed by atoms with Crippen LogP contribution in [-0.4, -0.2) is 37.2 Å². The van der Waals surface area contributed by atoms with Gasteiger partial charge in [0.2, 0.25) is 0 Å². The SMILES string of the molecule is [Al+3].[Ga+3].[P-3].[P-3]. The van der Waals surface area contributed by atoms with Gasteiger partial charge >= 0.3 is 37.2 Å². The van der Waals surface area contributed by atoms with Crippen molar-refractivity contribution in [3.05, 3.63) is 0 Å². The Labute approximate surface area is 56.9 Å². The summed E-state index contributed by atoms with van der Waals surface area (Å²) in [6, 6.07) is 0. The molecule has 0 heterocycles. The molecule has 0 bridgehead atoms. The first-order chi connectivity index (χ1) is 0. The first-order valence-corrected chi connectivity index (χ1v) is 0. The fraction of sp³-hybridized carbons (Fsp3) is 0. The van der Waals surface area contributed by atoms with Gasteiger partial charge in [-0.15, -0.1) is 0 Å². The minimum Gasteiger partial charge on any atom is -3.00 e. The van der Waals surface area contributed by atoms with Gasteiger partial charge in [0.05, 0.1) is 0 Å². The van der Waals surface area contributed by atoms with Gasteiger partial charge in [0.15, 0.2) is 0 Å². The quantitative estimate of drug-likeness (QED) is 0.364. The zero-order valence-corrected chi connectivity index (χ0v) is 7.42. The van der Waals surface area contributed by atoms with Crippen molar-refractivity contribution in [2.45, 2.75) is 0 Å². The first kappa shape index (κ1) is 37.0. The second kappa shape index (κ2) is 19.8. The Bertz CT molecular complexity index is 6.00. The van der Waals surface area contributed by atoms with E-state index in [0.717, 1.165) is 0 Å². The van der Waals surface area contributed by atoms with E-state index in [1.165, 1.54) is 0 Å². The molecular weight excluding hydrogens is 159 g/mol. The van der Waals surface area contributed by atoms with Gasteiger partial charge in [-0.25, -0.2) is 0 Å². The summed E-state index contributed by atoms with van der Waals surface area (Å²) in [5.74, 6) is 0. The van der Waals surface area contributed by atoms with E-state index in [1.54, 1.807) is 0 Å². The first-order valence-electron chi connectivity index (χ1n) is 0. The zero-order valence-electron chi connectivity index (χ0n) is 2.05. The molecule has 0 aromatic rings. The van der Waals surface area contributed by atoms with E-state index in [1.807, 2.05) is 0 Å². The van der Waals surface area contributed by atoms with Crippen molar-refractivity contribution in [3.63, 3.8) is 0 Å². The Morgan fingerprint density at radius 1 is 0.750 bits per heavy atom. The topological polar surface area (TPSA) is 0 Å². The van der Waals surface area contributed by atoms with Crippen LogP contribution < -0.4 is 0 Å². The molecule has 0 aromatic carbocycles. The van der Waals surface area contributed by atoms with Crippen molar-refractivity contribution < 1.29 is 0 Å². The minimum atomic E-state index is 0. The maximum Gasteiger partial charge on any atom is 3.00 e. The molecule has 0 rings (SSSR count). The Hall–Kier alpha value is 2.03. The van der Waals surface area contributed by atoms with Crippen molar-refractivity contribution in [2.75, 3.05) is 0 Å². The predicted molar refractivity (Wildman–Crippen MR) is 25.3 cm³/mol. The van der Waals surface area contributed by atoms with Crippen LogP contribution in [0.25, 0.3) is 0 Å².